The number of aromatic nitrogens is 1. The molecule has 7 heteroatoms. The third-order valence-corrected chi connectivity index (χ3v) is 5.85. The Labute approximate surface area is 167 Å². The number of ether oxygens (including phenoxy) is 2. The van der Waals surface area contributed by atoms with Crippen molar-refractivity contribution >= 4 is 28.2 Å². The van der Waals surface area contributed by atoms with Gasteiger partial charge in [-0.1, -0.05) is 53.8 Å². The summed E-state index contributed by atoms with van der Waals surface area (Å²) >= 11 is 1.54. The molecular formula is C21H21N3O3S. The largest absolute Gasteiger partial charge is 0.493 e. The lowest BCUT2D eigenvalue weighted by atomic mass is 9.90. The van der Waals surface area contributed by atoms with E-state index in [9.17, 15) is 4.79 Å². The van der Waals surface area contributed by atoms with Crippen molar-refractivity contribution < 1.29 is 14.3 Å². The molecule has 4 rings (SSSR count). The van der Waals surface area contributed by atoms with Crippen LogP contribution in [0.25, 0.3) is 0 Å². The van der Waals surface area contributed by atoms with Crippen molar-refractivity contribution in [1.82, 2.24) is 4.98 Å². The van der Waals surface area contributed by atoms with Gasteiger partial charge in [0.2, 0.25) is 5.91 Å². The lowest BCUT2D eigenvalue weighted by Gasteiger charge is -2.24. The zero-order valence-corrected chi connectivity index (χ0v) is 16.5. The molecule has 6 nitrogen and oxygen atoms in total. The van der Waals surface area contributed by atoms with E-state index in [2.05, 4.69) is 15.6 Å². The van der Waals surface area contributed by atoms with E-state index >= 15 is 0 Å². The highest BCUT2D eigenvalue weighted by atomic mass is 32.1. The minimum atomic E-state index is -0.135. The number of hydrogen-bond donors (Lipinski definition) is 2. The standard InChI is InChI=1S/C21H21N3O3S/c1-22-21-24-20-19(28-21)15(11-17(25)23-20)14-9-6-10-16(26-2)18(14)27-12-13-7-4-3-5-8-13/h3-10,15H,11-12H2,1-2H3,(H,22,24)(H,23,25)/t15-/m0/s1. The molecule has 0 saturated carbocycles. The van der Waals surface area contributed by atoms with Gasteiger partial charge >= 0.3 is 0 Å². The summed E-state index contributed by atoms with van der Waals surface area (Å²) in [7, 11) is 3.44. The number of fused-ring (bicyclic) bond motifs is 1. The third kappa shape index (κ3) is 3.53. The molecule has 0 spiro atoms. The maximum Gasteiger partial charge on any atom is 0.226 e. The van der Waals surface area contributed by atoms with Crippen LogP contribution in [0.1, 0.15) is 28.3 Å². The topological polar surface area (TPSA) is 72.5 Å². The van der Waals surface area contributed by atoms with Crippen molar-refractivity contribution in [3.8, 4) is 11.5 Å². The Hall–Kier alpha value is -3.06. The van der Waals surface area contributed by atoms with Crippen LogP contribution in [0.2, 0.25) is 0 Å². The minimum Gasteiger partial charge on any atom is -0.493 e. The minimum absolute atomic E-state index is 0.0534. The van der Waals surface area contributed by atoms with Crippen LogP contribution < -0.4 is 20.1 Å². The van der Waals surface area contributed by atoms with E-state index in [1.807, 2.05) is 55.6 Å². The fraction of sp³-hybridized carbons (Fsp3) is 0.238. The molecule has 0 unspecified atom stereocenters. The van der Waals surface area contributed by atoms with Gasteiger partial charge in [-0.25, -0.2) is 4.98 Å². The van der Waals surface area contributed by atoms with Gasteiger partial charge in [-0.3, -0.25) is 4.79 Å². The normalized spacial score (nSPS) is 15.5. The lowest BCUT2D eigenvalue weighted by molar-refractivity contribution is -0.116. The van der Waals surface area contributed by atoms with Crippen LogP contribution in [0.15, 0.2) is 48.5 Å². The Bertz CT molecular complexity index is 988. The number of para-hydroxylation sites is 1. The number of hydrogen-bond acceptors (Lipinski definition) is 6. The summed E-state index contributed by atoms with van der Waals surface area (Å²) in [6.45, 7) is 0.421. The van der Waals surface area contributed by atoms with Crippen LogP contribution in [0.5, 0.6) is 11.5 Å². The van der Waals surface area contributed by atoms with E-state index in [1.54, 1.807) is 18.4 Å². The molecule has 1 amide bonds. The Morgan fingerprint density at radius 2 is 2.04 bits per heavy atom. The monoisotopic (exact) mass is 395 g/mol. The number of carbonyl (C=O) groups is 1. The number of nitrogens with one attached hydrogen (secondary N) is 2. The molecule has 1 aliphatic rings. The first-order chi connectivity index (χ1) is 13.7. The first kappa shape index (κ1) is 18.3. The molecule has 1 aromatic heterocycles. The van der Waals surface area contributed by atoms with E-state index in [4.69, 9.17) is 9.47 Å². The van der Waals surface area contributed by atoms with Gasteiger partial charge in [0.15, 0.2) is 16.6 Å². The molecule has 0 bridgehead atoms. The maximum absolute atomic E-state index is 12.3. The Balaban J connectivity index is 1.73. The smallest absolute Gasteiger partial charge is 0.226 e. The second kappa shape index (κ2) is 7.90. The summed E-state index contributed by atoms with van der Waals surface area (Å²) in [6.07, 6.45) is 0.340. The average molecular weight is 395 g/mol. The Morgan fingerprint density at radius 1 is 1.21 bits per heavy atom. The molecule has 2 heterocycles. The number of anilines is 2. The van der Waals surface area contributed by atoms with Gasteiger partial charge in [0.05, 0.1) is 12.0 Å². The van der Waals surface area contributed by atoms with Crippen molar-refractivity contribution in [2.24, 2.45) is 0 Å². The SMILES string of the molecule is CNc1nc2c(s1)[C@H](c1cccc(OC)c1OCc1ccccc1)CC(=O)N2. The zero-order chi connectivity index (χ0) is 19.5. The highest BCUT2D eigenvalue weighted by molar-refractivity contribution is 7.16. The van der Waals surface area contributed by atoms with Gasteiger partial charge in [0, 0.05) is 24.9 Å². The molecule has 0 fully saturated rings. The van der Waals surface area contributed by atoms with Crippen molar-refractivity contribution in [1.29, 1.82) is 0 Å². The molecule has 0 aliphatic carbocycles. The number of nitrogens with zero attached hydrogens (tertiary/aromatic N) is 1. The Morgan fingerprint density at radius 3 is 2.79 bits per heavy atom. The summed E-state index contributed by atoms with van der Waals surface area (Å²) < 4.78 is 11.8. The fourth-order valence-electron chi connectivity index (χ4n) is 3.33. The molecule has 2 N–H and O–H groups in total. The molecule has 3 aromatic rings. The molecule has 28 heavy (non-hydrogen) atoms. The number of amides is 1. The summed E-state index contributed by atoms with van der Waals surface area (Å²) in [5, 5.41) is 6.69. The second-order valence-corrected chi connectivity index (χ2v) is 7.47. The molecule has 1 atom stereocenters. The molecular weight excluding hydrogens is 374 g/mol. The van der Waals surface area contributed by atoms with Crippen LogP contribution in [0.4, 0.5) is 10.9 Å². The van der Waals surface area contributed by atoms with Gasteiger partial charge in [-0.05, 0) is 11.6 Å². The van der Waals surface area contributed by atoms with E-state index in [0.717, 1.165) is 21.1 Å². The summed E-state index contributed by atoms with van der Waals surface area (Å²) in [5.41, 5.74) is 1.99. The zero-order valence-electron chi connectivity index (χ0n) is 15.7. The van der Waals surface area contributed by atoms with Gasteiger partial charge in [0.1, 0.15) is 12.4 Å². The van der Waals surface area contributed by atoms with Crippen molar-refractivity contribution in [3.05, 3.63) is 64.5 Å². The molecule has 144 valence electrons. The van der Waals surface area contributed by atoms with Crippen molar-refractivity contribution in [2.45, 2.75) is 18.9 Å². The van der Waals surface area contributed by atoms with Gasteiger partial charge in [-0.2, -0.15) is 0 Å². The first-order valence-electron chi connectivity index (χ1n) is 9.01. The van der Waals surface area contributed by atoms with E-state index in [0.29, 0.717) is 30.3 Å². The summed E-state index contributed by atoms with van der Waals surface area (Å²) in [6, 6.07) is 15.8. The number of rotatable bonds is 6. The number of thiazole rings is 1. The van der Waals surface area contributed by atoms with Crippen molar-refractivity contribution in [2.75, 3.05) is 24.8 Å². The third-order valence-electron chi connectivity index (χ3n) is 4.66. The van der Waals surface area contributed by atoms with Gasteiger partial charge < -0.3 is 20.1 Å². The highest BCUT2D eigenvalue weighted by Crippen LogP contribution is 2.47. The molecule has 0 saturated heterocycles. The highest BCUT2D eigenvalue weighted by Gasteiger charge is 2.33. The number of carbonyl (C=O) groups excluding carboxylic acids is 1. The molecule has 1 aliphatic heterocycles. The second-order valence-electron chi connectivity index (χ2n) is 6.44. The molecule has 0 radical (unpaired) electrons. The van der Waals surface area contributed by atoms with Crippen LogP contribution in [-0.2, 0) is 11.4 Å². The van der Waals surface area contributed by atoms with Gasteiger partial charge in [-0.15, -0.1) is 0 Å². The van der Waals surface area contributed by atoms with E-state index < -0.39 is 0 Å². The Kier molecular flexibility index (Phi) is 5.16. The predicted octanol–water partition coefficient (Wildman–Crippen LogP) is 4.25. The number of methoxy groups -OCH3 is 1. The summed E-state index contributed by atoms with van der Waals surface area (Å²) in [5.74, 6) is 1.75. The fourth-order valence-corrected chi connectivity index (χ4v) is 4.32. The molecule has 2 aromatic carbocycles. The van der Waals surface area contributed by atoms with E-state index in [1.165, 1.54) is 0 Å². The maximum atomic E-state index is 12.3. The van der Waals surface area contributed by atoms with Crippen LogP contribution >= 0.6 is 11.3 Å². The first-order valence-corrected chi connectivity index (χ1v) is 9.83. The summed E-state index contributed by atoms with van der Waals surface area (Å²) in [4.78, 5) is 17.8. The van der Waals surface area contributed by atoms with Crippen LogP contribution in [0, 0.1) is 0 Å². The van der Waals surface area contributed by atoms with Crippen LogP contribution in [0.3, 0.4) is 0 Å². The van der Waals surface area contributed by atoms with Crippen LogP contribution in [-0.4, -0.2) is 25.0 Å². The quantitative estimate of drug-likeness (QED) is 0.653. The van der Waals surface area contributed by atoms with Crippen molar-refractivity contribution in [3.63, 3.8) is 0 Å². The van der Waals surface area contributed by atoms with E-state index in [-0.39, 0.29) is 11.8 Å². The van der Waals surface area contributed by atoms with Gasteiger partial charge in [0.25, 0.3) is 0 Å². The number of benzene rings is 2. The lowest BCUT2D eigenvalue weighted by Crippen LogP contribution is -2.23. The predicted molar refractivity (Wildman–Crippen MR) is 111 cm³/mol. The average Bonchev–Trinajstić information content (AvgIpc) is 3.15.